The number of fused-ring (bicyclic) bond motifs is 11. The van der Waals surface area contributed by atoms with Crippen molar-refractivity contribution in [2.45, 2.75) is 15.2 Å². The van der Waals surface area contributed by atoms with E-state index in [1.54, 1.807) is 23.9 Å². The summed E-state index contributed by atoms with van der Waals surface area (Å²) in [6.07, 6.45) is 0. The van der Waals surface area contributed by atoms with Crippen molar-refractivity contribution in [3.8, 4) is 56.3 Å². The molecule has 12 rings (SSSR count). The maximum atomic E-state index is 9.51. The standard InChI is InChI=1S/C51H30N2O2S/c1-2-12-39-37(11-1)38-30-33(25-26-40(38)51(39)41-13-3-9-19-47(41)56-48-20-10-4-14-42(48)51)31-21-23-32(24-22-31)34-27-35(49-52-43-15-5-7-17-45(43)54-49)29-36(28-34)50-53-44-16-6-8-18-46(44)55-50/h1-30H/i21D,22D,23D,24D. The smallest absolute Gasteiger partial charge is 0.227 e. The molecule has 1 spiro atoms. The van der Waals surface area contributed by atoms with E-state index in [2.05, 4.69) is 84.9 Å². The highest BCUT2D eigenvalue weighted by molar-refractivity contribution is 7.99. The minimum Gasteiger partial charge on any atom is -0.436 e. The molecule has 4 nitrogen and oxygen atoms in total. The van der Waals surface area contributed by atoms with Crippen LogP contribution < -0.4 is 0 Å². The topological polar surface area (TPSA) is 52.1 Å². The minimum atomic E-state index is -0.562. The van der Waals surface area contributed by atoms with Crippen LogP contribution in [-0.4, -0.2) is 9.97 Å². The van der Waals surface area contributed by atoms with Crippen LogP contribution in [0.4, 0.5) is 0 Å². The quantitative estimate of drug-likeness (QED) is 0.180. The lowest BCUT2D eigenvalue weighted by atomic mass is 9.67. The van der Waals surface area contributed by atoms with Gasteiger partial charge in [0.15, 0.2) is 11.2 Å². The second kappa shape index (κ2) is 12.0. The van der Waals surface area contributed by atoms with Gasteiger partial charge in [-0.15, -0.1) is 0 Å². The maximum absolute atomic E-state index is 9.51. The van der Waals surface area contributed by atoms with Crippen molar-refractivity contribution >= 4 is 34.0 Å². The van der Waals surface area contributed by atoms with Gasteiger partial charge in [0.1, 0.15) is 11.0 Å². The Balaban J connectivity index is 1.04. The van der Waals surface area contributed by atoms with Gasteiger partial charge in [-0.3, -0.25) is 0 Å². The fourth-order valence-corrected chi connectivity index (χ4v) is 9.82. The number of para-hydroxylation sites is 4. The molecule has 262 valence electrons. The van der Waals surface area contributed by atoms with Crippen LogP contribution in [-0.2, 0) is 5.41 Å². The molecular formula is C51H30N2O2S. The Morgan fingerprint density at radius 1 is 0.411 bits per heavy atom. The van der Waals surface area contributed by atoms with E-state index < -0.39 is 5.41 Å². The van der Waals surface area contributed by atoms with Gasteiger partial charge >= 0.3 is 0 Å². The van der Waals surface area contributed by atoms with Crippen LogP contribution in [0.5, 0.6) is 0 Å². The molecule has 0 saturated heterocycles. The molecule has 0 N–H and O–H groups in total. The van der Waals surface area contributed by atoms with Crippen molar-refractivity contribution in [2.24, 2.45) is 0 Å². The molecule has 0 radical (unpaired) electrons. The minimum absolute atomic E-state index is 0.132. The summed E-state index contributed by atoms with van der Waals surface area (Å²) in [6.45, 7) is 0. The van der Waals surface area contributed by atoms with Crippen molar-refractivity contribution in [3.05, 3.63) is 204 Å². The van der Waals surface area contributed by atoms with Gasteiger partial charge in [-0.1, -0.05) is 133 Å². The van der Waals surface area contributed by atoms with Gasteiger partial charge < -0.3 is 8.83 Å². The summed E-state index contributed by atoms with van der Waals surface area (Å²) in [5.41, 5.74) is 11.5. The number of hydrogen-bond donors (Lipinski definition) is 0. The third-order valence-electron chi connectivity index (χ3n) is 11.1. The Hall–Kier alpha value is -6.95. The highest BCUT2D eigenvalue weighted by Crippen LogP contribution is 2.62. The van der Waals surface area contributed by atoms with E-state index in [1.165, 1.54) is 26.5 Å². The highest BCUT2D eigenvalue weighted by Gasteiger charge is 2.50. The van der Waals surface area contributed by atoms with Gasteiger partial charge in [-0.05, 0) is 116 Å². The number of rotatable bonds is 4. The molecule has 10 aromatic rings. The Labute approximate surface area is 332 Å². The normalized spacial score (nSPS) is 14.4. The van der Waals surface area contributed by atoms with E-state index in [1.807, 2.05) is 60.7 Å². The van der Waals surface area contributed by atoms with E-state index >= 15 is 0 Å². The van der Waals surface area contributed by atoms with Crippen LogP contribution in [0.3, 0.4) is 0 Å². The predicted octanol–water partition coefficient (Wildman–Crippen LogP) is 13.5. The molecule has 0 fully saturated rings. The second-order valence-electron chi connectivity index (χ2n) is 14.2. The lowest BCUT2D eigenvalue weighted by Crippen LogP contribution is -2.31. The number of nitrogens with zero attached hydrogens (tertiary/aromatic N) is 2. The van der Waals surface area contributed by atoms with E-state index in [4.69, 9.17) is 18.8 Å². The third-order valence-corrected chi connectivity index (χ3v) is 12.2. The molecule has 0 unspecified atom stereocenters. The van der Waals surface area contributed by atoms with Crippen molar-refractivity contribution in [3.63, 3.8) is 0 Å². The van der Waals surface area contributed by atoms with E-state index in [0.29, 0.717) is 56.2 Å². The van der Waals surface area contributed by atoms with Crippen molar-refractivity contribution in [2.75, 3.05) is 0 Å². The average Bonchev–Trinajstić information content (AvgIpc) is 4.00. The number of benzene rings is 8. The zero-order chi connectivity index (χ0) is 40.3. The van der Waals surface area contributed by atoms with Crippen molar-refractivity contribution < 1.29 is 14.3 Å². The summed E-state index contributed by atoms with van der Waals surface area (Å²) in [5.74, 6) is 0.695. The monoisotopic (exact) mass is 738 g/mol. The van der Waals surface area contributed by atoms with Gasteiger partial charge in [0.2, 0.25) is 11.8 Å². The summed E-state index contributed by atoms with van der Waals surface area (Å²) in [7, 11) is 0. The second-order valence-corrected chi connectivity index (χ2v) is 15.3. The predicted molar refractivity (Wildman–Crippen MR) is 225 cm³/mol. The van der Waals surface area contributed by atoms with E-state index in [9.17, 15) is 5.48 Å². The third kappa shape index (κ3) is 4.61. The largest absolute Gasteiger partial charge is 0.436 e. The average molecular weight is 739 g/mol. The summed E-state index contributed by atoms with van der Waals surface area (Å²) in [4.78, 5) is 11.9. The SMILES string of the molecule is [2H]c1c([2H])c(-c2ccc3c(c2)-c2ccccc2C32c3ccccc3Sc3ccccc32)c([2H])c([2H])c1-c1cc(-c2nc3ccccc3o2)cc(-c2nc3ccccc3o2)c1. The van der Waals surface area contributed by atoms with Gasteiger partial charge in [-0.2, -0.15) is 0 Å². The Morgan fingerprint density at radius 2 is 0.893 bits per heavy atom. The first kappa shape index (κ1) is 27.6. The van der Waals surface area contributed by atoms with E-state index in [0.717, 1.165) is 16.7 Å². The van der Waals surface area contributed by atoms with Crippen LogP contribution in [0.15, 0.2) is 201 Å². The highest BCUT2D eigenvalue weighted by atomic mass is 32.2. The molecule has 8 aromatic carbocycles. The zero-order valence-corrected chi connectivity index (χ0v) is 30.4. The van der Waals surface area contributed by atoms with Crippen molar-refractivity contribution in [1.29, 1.82) is 0 Å². The Morgan fingerprint density at radius 3 is 1.50 bits per heavy atom. The molecule has 2 aromatic heterocycles. The van der Waals surface area contributed by atoms with Crippen LogP contribution in [0.1, 0.15) is 27.7 Å². The molecule has 0 atom stereocenters. The van der Waals surface area contributed by atoms with Crippen LogP contribution >= 0.6 is 11.8 Å². The summed E-state index contributed by atoms with van der Waals surface area (Å²) < 4.78 is 50.4. The molecule has 3 heterocycles. The van der Waals surface area contributed by atoms with E-state index in [-0.39, 0.29) is 35.3 Å². The number of oxazole rings is 2. The van der Waals surface area contributed by atoms with Crippen molar-refractivity contribution in [1.82, 2.24) is 9.97 Å². The number of hydrogen-bond acceptors (Lipinski definition) is 5. The first-order valence-corrected chi connectivity index (χ1v) is 19.3. The Kier molecular flexibility index (Phi) is 5.93. The summed E-state index contributed by atoms with van der Waals surface area (Å²) in [6, 6.07) is 51.8. The molecule has 5 heteroatoms. The molecule has 0 saturated carbocycles. The van der Waals surface area contributed by atoms with Gasteiger partial charge in [0.05, 0.1) is 10.9 Å². The molecular weight excluding hydrogens is 705 g/mol. The first-order valence-electron chi connectivity index (χ1n) is 20.5. The summed E-state index contributed by atoms with van der Waals surface area (Å²) in [5, 5.41) is 0. The first-order chi connectivity index (χ1) is 29.4. The lowest BCUT2D eigenvalue weighted by molar-refractivity contribution is 0.617. The van der Waals surface area contributed by atoms with Gasteiger partial charge in [0, 0.05) is 20.9 Å². The number of aromatic nitrogens is 2. The Bertz CT molecular complexity index is 3210. The molecule has 0 amide bonds. The fraction of sp³-hybridized carbons (Fsp3) is 0.0196. The fourth-order valence-electron chi connectivity index (χ4n) is 8.63. The molecule has 1 aliphatic heterocycles. The summed E-state index contributed by atoms with van der Waals surface area (Å²) >= 11 is 1.79. The molecule has 56 heavy (non-hydrogen) atoms. The maximum Gasteiger partial charge on any atom is 0.227 e. The molecule has 1 aliphatic carbocycles. The zero-order valence-electron chi connectivity index (χ0n) is 33.6. The van der Waals surface area contributed by atoms with Gasteiger partial charge in [0.25, 0.3) is 0 Å². The van der Waals surface area contributed by atoms with Crippen LogP contribution in [0, 0.1) is 0 Å². The molecule has 0 bridgehead atoms. The van der Waals surface area contributed by atoms with Crippen LogP contribution in [0.2, 0.25) is 0 Å². The van der Waals surface area contributed by atoms with Crippen LogP contribution in [0.25, 0.3) is 78.5 Å². The lowest BCUT2D eigenvalue weighted by Gasteiger charge is -2.39. The van der Waals surface area contributed by atoms with Gasteiger partial charge in [-0.25, -0.2) is 9.97 Å². The molecule has 2 aliphatic rings.